The van der Waals surface area contributed by atoms with E-state index in [0.717, 1.165) is 50.1 Å². The lowest BCUT2D eigenvalue weighted by molar-refractivity contribution is 0.0934. The number of anilines is 1. The lowest BCUT2D eigenvalue weighted by Crippen LogP contribution is -2.23. The van der Waals surface area contributed by atoms with Gasteiger partial charge in [-0.25, -0.2) is 0 Å². The van der Waals surface area contributed by atoms with Crippen molar-refractivity contribution in [2.45, 2.75) is 43.7 Å². The minimum absolute atomic E-state index is 0.291. The molecule has 3 rings (SSSR count). The average molecular weight is 376 g/mol. The first-order chi connectivity index (χ1) is 12.6. The molecule has 0 bridgehead atoms. The van der Waals surface area contributed by atoms with E-state index in [9.17, 15) is 0 Å². The molecule has 0 spiro atoms. The highest BCUT2D eigenvalue weighted by Crippen LogP contribution is 2.21. The Hall–Kier alpha value is -1.57. The van der Waals surface area contributed by atoms with Gasteiger partial charge in [0, 0.05) is 32.9 Å². The molecular weight excluding hydrogens is 346 g/mol. The molecule has 0 N–H and O–H groups in total. The van der Waals surface area contributed by atoms with Crippen LogP contribution in [0.15, 0.2) is 29.4 Å². The van der Waals surface area contributed by atoms with Crippen molar-refractivity contribution in [2.24, 2.45) is 0 Å². The highest BCUT2D eigenvalue weighted by Gasteiger charge is 2.21. The van der Waals surface area contributed by atoms with E-state index in [2.05, 4.69) is 76.2 Å². The van der Waals surface area contributed by atoms with Crippen LogP contribution in [0.25, 0.3) is 0 Å². The largest absolute Gasteiger partial charge is 0.378 e. The molecule has 1 fully saturated rings. The van der Waals surface area contributed by atoms with Gasteiger partial charge in [0.2, 0.25) is 0 Å². The molecule has 0 amide bonds. The maximum Gasteiger partial charge on any atom is 0.191 e. The molecule has 1 aliphatic heterocycles. The van der Waals surface area contributed by atoms with E-state index in [1.165, 1.54) is 11.3 Å². The zero-order valence-electron chi connectivity index (χ0n) is 16.2. The molecule has 0 aliphatic carbocycles. The summed E-state index contributed by atoms with van der Waals surface area (Å²) in [5.41, 5.74) is 2.52. The van der Waals surface area contributed by atoms with E-state index >= 15 is 0 Å². The second-order valence-corrected chi connectivity index (χ2v) is 7.86. The first kappa shape index (κ1) is 19.2. The molecule has 26 heavy (non-hydrogen) atoms. The fourth-order valence-corrected chi connectivity index (χ4v) is 3.79. The van der Waals surface area contributed by atoms with Crippen LogP contribution in [0, 0.1) is 0 Å². The Morgan fingerprint density at radius 1 is 1.15 bits per heavy atom. The minimum atomic E-state index is 0.291. The van der Waals surface area contributed by atoms with Crippen molar-refractivity contribution in [1.82, 2.24) is 19.7 Å². The lowest BCUT2D eigenvalue weighted by atomic mass is 10.2. The predicted molar refractivity (Wildman–Crippen MR) is 107 cm³/mol. The maximum atomic E-state index is 5.81. The molecule has 6 nitrogen and oxygen atoms in total. The summed E-state index contributed by atoms with van der Waals surface area (Å²) in [5, 5.41) is 9.76. The second-order valence-electron chi connectivity index (χ2n) is 7.08. The third-order valence-corrected chi connectivity index (χ3v) is 5.37. The van der Waals surface area contributed by atoms with Crippen LogP contribution < -0.4 is 4.90 Å². The monoisotopic (exact) mass is 375 g/mol. The molecule has 1 aromatic carbocycles. The van der Waals surface area contributed by atoms with Crippen molar-refractivity contribution < 1.29 is 4.74 Å². The Morgan fingerprint density at radius 3 is 2.54 bits per heavy atom. The summed E-state index contributed by atoms with van der Waals surface area (Å²) in [4.78, 5) is 4.40. The van der Waals surface area contributed by atoms with E-state index in [1.54, 1.807) is 11.8 Å². The van der Waals surface area contributed by atoms with Gasteiger partial charge >= 0.3 is 0 Å². The van der Waals surface area contributed by atoms with Crippen molar-refractivity contribution in [3.8, 4) is 0 Å². The van der Waals surface area contributed by atoms with E-state index in [-0.39, 0.29) is 0 Å². The number of aromatic nitrogens is 3. The summed E-state index contributed by atoms with van der Waals surface area (Å²) >= 11 is 1.65. The molecular formula is C19H29N5OS. The van der Waals surface area contributed by atoms with Crippen LogP contribution in [0.2, 0.25) is 0 Å². The van der Waals surface area contributed by atoms with Crippen LogP contribution in [0.3, 0.4) is 0 Å². The molecule has 0 saturated carbocycles. The quantitative estimate of drug-likeness (QED) is 0.661. The molecule has 0 radical (unpaired) electrons. The van der Waals surface area contributed by atoms with Gasteiger partial charge in [-0.05, 0) is 43.8 Å². The van der Waals surface area contributed by atoms with Gasteiger partial charge in [-0.15, -0.1) is 10.2 Å². The topological polar surface area (TPSA) is 46.4 Å². The van der Waals surface area contributed by atoms with Crippen LogP contribution in [0.5, 0.6) is 0 Å². The van der Waals surface area contributed by atoms with E-state index in [1.807, 2.05) is 0 Å². The van der Waals surface area contributed by atoms with E-state index < -0.39 is 0 Å². The zero-order chi connectivity index (χ0) is 18.5. The summed E-state index contributed by atoms with van der Waals surface area (Å²) in [6, 6.07) is 8.70. The molecule has 1 atom stereocenters. The number of thioether (sulfide) groups is 1. The van der Waals surface area contributed by atoms with Crippen LogP contribution >= 0.6 is 11.8 Å². The van der Waals surface area contributed by atoms with Crippen LogP contribution in [-0.4, -0.2) is 59.8 Å². The van der Waals surface area contributed by atoms with Crippen molar-refractivity contribution >= 4 is 17.4 Å². The fraction of sp³-hybridized carbons (Fsp3) is 0.579. The molecule has 1 aliphatic rings. The average Bonchev–Trinajstić information content (AvgIpc) is 3.26. The minimum Gasteiger partial charge on any atom is -0.378 e. The maximum absolute atomic E-state index is 5.81. The van der Waals surface area contributed by atoms with Gasteiger partial charge in [0.15, 0.2) is 5.16 Å². The van der Waals surface area contributed by atoms with E-state index in [4.69, 9.17) is 4.74 Å². The molecule has 0 unspecified atom stereocenters. The second kappa shape index (κ2) is 8.88. The highest BCUT2D eigenvalue weighted by molar-refractivity contribution is 7.98. The number of rotatable bonds is 8. The zero-order valence-corrected chi connectivity index (χ0v) is 17.0. The van der Waals surface area contributed by atoms with Gasteiger partial charge in [0.1, 0.15) is 5.82 Å². The summed E-state index contributed by atoms with van der Waals surface area (Å²) in [6.45, 7) is 3.38. The summed E-state index contributed by atoms with van der Waals surface area (Å²) in [6.07, 6.45) is 4.62. The number of hydrogen-bond acceptors (Lipinski definition) is 6. The third-order valence-electron chi connectivity index (χ3n) is 4.70. The number of benzene rings is 1. The SMILES string of the molecule is CSc1nnc(CN(C)Cc2ccc(N(C)C)cc2)n1C[C@H]1CCCO1. The standard InChI is InChI=1S/C19H29N5OS/c1-22(2)16-9-7-15(8-10-16)12-23(3)14-18-20-21-19(26-4)24(18)13-17-6-5-11-25-17/h7-10,17H,5-6,11-14H2,1-4H3/t17-/m1/s1. The Balaban J connectivity index is 1.64. The molecule has 7 heteroatoms. The summed E-state index contributed by atoms with van der Waals surface area (Å²) < 4.78 is 8.04. The van der Waals surface area contributed by atoms with Gasteiger partial charge in [-0.1, -0.05) is 23.9 Å². The van der Waals surface area contributed by atoms with Gasteiger partial charge in [0.25, 0.3) is 0 Å². The van der Waals surface area contributed by atoms with Crippen LogP contribution in [0.4, 0.5) is 5.69 Å². The van der Waals surface area contributed by atoms with Gasteiger partial charge < -0.3 is 14.2 Å². The Morgan fingerprint density at radius 2 is 1.92 bits per heavy atom. The predicted octanol–water partition coefficient (Wildman–Crippen LogP) is 2.88. The Bertz CT molecular complexity index is 694. The summed E-state index contributed by atoms with van der Waals surface area (Å²) in [5.74, 6) is 1.01. The Labute approximate surface area is 160 Å². The van der Waals surface area contributed by atoms with Gasteiger partial charge in [0.05, 0.1) is 19.2 Å². The first-order valence-corrected chi connectivity index (χ1v) is 10.3. The smallest absolute Gasteiger partial charge is 0.191 e. The van der Waals surface area contributed by atoms with E-state index in [0.29, 0.717) is 6.10 Å². The lowest BCUT2D eigenvalue weighted by Gasteiger charge is -2.19. The van der Waals surface area contributed by atoms with Gasteiger partial charge in [-0.2, -0.15) is 0 Å². The third kappa shape index (κ3) is 4.78. The normalized spacial score (nSPS) is 17.2. The summed E-state index contributed by atoms with van der Waals surface area (Å²) in [7, 11) is 6.25. The molecule has 2 heterocycles. The number of hydrogen-bond donors (Lipinski definition) is 0. The first-order valence-electron chi connectivity index (χ1n) is 9.09. The van der Waals surface area contributed by atoms with Gasteiger partial charge in [-0.3, -0.25) is 4.90 Å². The van der Waals surface area contributed by atoms with Crippen LogP contribution in [-0.2, 0) is 24.4 Å². The molecule has 1 saturated heterocycles. The molecule has 1 aromatic heterocycles. The van der Waals surface area contributed by atoms with Crippen molar-refractivity contribution in [1.29, 1.82) is 0 Å². The van der Waals surface area contributed by atoms with Crippen molar-refractivity contribution in [3.05, 3.63) is 35.7 Å². The number of ether oxygens (including phenoxy) is 1. The molecule has 142 valence electrons. The number of nitrogens with zero attached hydrogens (tertiary/aromatic N) is 5. The fourth-order valence-electron chi connectivity index (χ4n) is 3.27. The van der Waals surface area contributed by atoms with Crippen LogP contribution in [0.1, 0.15) is 24.2 Å². The van der Waals surface area contributed by atoms with Crippen molar-refractivity contribution in [2.75, 3.05) is 38.9 Å². The molecule has 2 aromatic rings. The highest BCUT2D eigenvalue weighted by atomic mass is 32.2. The van der Waals surface area contributed by atoms with Crippen molar-refractivity contribution in [3.63, 3.8) is 0 Å². The Kier molecular flexibility index (Phi) is 6.56.